The van der Waals surface area contributed by atoms with E-state index in [2.05, 4.69) is 24.1 Å². The van der Waals surface area contributed by atoms with Gasteiger partial charge in [-0.1, -0.05) is 49.7 Å². The summed E-state index contributed by atoms with van der Waals surface area (Å²) in [6.45, 7) is 7.62. The van der Waals surface area contributed by atoms with Crippen molar-refractivity contribution in [1.29, 1.82) is 0 Å². The van der Waals surface area contributed by atoms with Crippen LogP contribution >= 0.6 is 11.6 Å². The number of benzene rings is 2. The maximum atomic E-state index is 12.4. The highest BCUT2D eigenvalue weighted by molar-refractivity contribution is 6.33. The zero-order valence-electron chi connectivity index (χ0n) is 17.9. The third kappa shape index (κ3) is 5.28. The van der Waals surface area contributed by atoms with Crippen molar-refractivity contribution in [2.24, 2.45) is 0 Å². The fourth-order valence-corrected chi connectivity index (χ4v) is 3.56. The largest absolute Gasteiger partial charge is 0.355 e. The second-order valence-corrected chi connectivity index (χ2v) is 7.89. The highest BCUT2D eigenvalue weighted by Crippen LogP contribution is 2.31. The number of amides is 1. The summed E-state index contributed by atoms with van der Waals surface area (Å²) in [7, 11) is 0. The molecule has 1 amide bonds. The van der Waals surface area contributed by atoms with E-state index >= 15 is 0 Å². The van der Waals surface area contributed by atoms with Crippen LogP contribution in [-0.4, -0.2) is 35.0 Å². The Bertz CT molecular complexity index is 1010. The summed E-state index contributed by atoms with van der Waals surface area (Å²) in [5, 5.41) is 4.64. The van der Waals surface area contributed by atoms with Crippen LogP contribution in [0.3, 0.4) is 0 Å². The molecule has 0 fully saturated rings. The molecule has 2 aromatic carbocycles. The maximum Gasteiger partial charge on any atom is 0.221 e. The summed E-state index contributed by atoms with van der Waals surface area (Å²) in [6.07, 6.45) is 2.29. The molecular weight excluding hydrogens is 396 g/mol. The number of anilines is 1. The molecule has 0 aliphatic heterocycles. The van der Waals surface area contributed by atoms with E-state index in [1.807, 2.05) is 55.5 Å². The first-order valence-corrected chi connectivity index (χ1v) is 11.0. The lowest BCUT2D eigenvalue weighted by Gasteiger charge is -2.25. The molecule has 0 unspecified atom stereocenters. The summed E-state index contributed by atoms with van der Waals surface area (Å²) in [5.41, 5.74) is 1.67. The summed E-state index contributed by atoms with van der Waals surface area (Å²) >= 11 is 6.42. The monoisotopic (exact) mass is 424 g/mol. The normalized spacial score (nSPS) is 12.0. The van der Waals surface area contributed by atoms with E-state index in [-0.39, 0.29) is 11.9 Å². The van der Waals surface area contributed by atoms with Crippen molar-refractivity contribution < 1.29 is 4.79 Å². The number of para-hydroxylation sites is 1. The lowest BCUT2D eigenvalue weighted by Crippen LogP contribution is -2.36. The standard InChI is InChI=1S/C24H29ClN4O/c1-4-15-29(16-14-22(30)26-17(3)5-2)24-19-11-7-9-13-21(19)27-23(28-24)18-10-6-8-12-20(18)25/h6-13,17H,4-5,14-16H2,1-3H3,(H,26,30)/t17-/m1/s1. The molecule has 1 heterocycles. The number of hydrogen-bond donors (Lipinski definition) is 1. The molecule has 30 heavy (non-hydrogen) atoms. The van der Waals surface area contributed by atoms with Gasteiger partial charge in [0.15, 0.2) is 5.82 Å². The predicted octanol–water partition coefficient (Wildman–Crippen LogP) is 5.47. The summed E-state index contributed by atoms with van der Waals surface area (Å²) in [5.74, 6) is 1.50. The number of halogens is 1. The van der Waals surface area contributed by atoms with Gasteiger partial charge in [0, 0.05) is 36.5 Å². The molecule has 0 radical (unpaired) electrons. The van der Waals surface area contributed by atoms with Gasteiger partial charge in [0.05, 0.1) is 10.5 Å². The van der Waals surface area contributed by atoms with Crippen molar-refractivity contribution in [3.63, 3.8) is 0 Å². The smallest absolute Gasteiger partial charge is 0.221 e. The molecule has 0 bridgehead atoms. The Kier molecular flexibility index (Phi) is 7.63. The first-order valence-electron chi connectivity index (χ1n) is 10.6. The van der Waals surface area contributed by atoms with Crippen LogP contribution < -0.4 is 10.2 Å². The zero-order valence-corrected chi connectivity index (χ0v) is 18.6. The molecule has 5 nitrogen and oxygen atoms in total. The highest BCUT2D eigenvalue weighted by atomic mass is 35.5. The van der Waals surface area contributed by atoms with Gasteiger partial charge in [-0.3, -0.25) is 4.79 Å². The summed E-state index contributed by atoms with van der Waals surface area (Å²) in [6, 6.07) is 15.8. The van der Waals surface area contributed by atoms with Crippen molar-refractivity contribution in [3.05, 3.63) is 53.6 Å². The quantitative estimate of drug-likeness (QED) is 0.494. The third-order valence-electron chi connectivity index (χ3n) is 5.12. The number of nitrogens with zero attached hydrogens (tertiary/aromatic N) is 3. The van der Waals surface area contributed by atoms with Crippen molar-refractivity contribution in [2.45, 2.75) is 46.1 Å². The molecular formula is C24H29ClN4O. The molecule has 0 aliphatic rings. The van der Waals surface area contributed by atoms with Crippen molar-refractivity contribution in [2.75, 3.05) is 18.0 Å². The Balaban J connectivity index is 1.98. The number of rotatable bonds is 9. The van der Waals surface area contributed by atoms with Gasteiger partial charge < -0.3 is 10.2 Å². The fourth-order valence-electron chi connectivity index (χ4n) is 3.34. The van der Waals surface area contributed by atoms with Gasteiger partial charge in [-0.25, -0.2) is 9.97 Å². The van der Waals surface area contributed by atoms with Crippen molar-refractivity contribution in [3.8, 4) is 11.4 Å². The second kappa shape index (κ2) is 10.4. The summed E-state index contributed by atoms with van der Waals surface area (Å²) in [4.78, 5) is 24.2. The van der Waals surface area contributed by atoms with E-state index in [4.69, 9.17) is 21.6 Å². The molecule has 3 rings (SSSR count). The third-order valence-corrected chi connectivity index (χ3v) is 5.45. The molecule has 0 saturated carbocycles. The molecule has 1 N–H and O–H groups in total. The average Bonchev–Trinajstić information content (AvgIpc) is 2.76. The molecule has 1 atom stereocenters. The Morgan fingerprint density at radius 2 is 1.80 bits per heavy atom. The molecule has 3 aromatic rings. The zero-order chi connectivity index (χ0) is 21.5. The first-order chi connectivity index (χ1) is 14.5. The highest BCUT2D eigenvalue weighted by Gasteiger charge is 2.17. The van der Waals surface area contributed by atoms with Crippen LogP contribution in [0.5, 0.6) is 0 Å². The summed E-state index contributed by atoms with van der Waals surface area (Å²) < 4.78 is 0. The maximum absolute atomic E-state index is 12.4. The number of fused-ring (bicyclic) bond motifs is 1. The van der Waals surface area contributed by atoms with Gasteiger partial charge in [-0.2, -0.15) is 0 Å². The topological polar surface area (TPSA) is 58.1 Å². The molecule has 0 saturated heterocycles. The minimum Gasteiger partial charge on any atom is -0.355 e. The SMILES string of the molecule is CCCN(CCC(=O)N[C@H](C)CC)c1nc(-c2ccccc2Cl)nc2ccccc12. The van der Waals surface area contributed by atoms with Crippen LogP contribution in [-0.2, 0) is 4.79 Å². The minimum atomic E-state index is 0.0649. The minimum absolute atomic E-state index is 0.0649. The van der Waals surface area contributed by atoms with Crippen molar-refractivity contribution >= 4 is 34.2 Å². The van der Waals surface area contributed by atoms with Gasteiger partial charge in [0.25, 0.3) is 0 Å². The van der Waals surface area contributed by atoms with Crippen LogP contribution in [0.2, 0.25) is 5.02 Å². The number of nitrogens with one attached hydrogen (secondary N) is 1. The fraction of sp³-hybridized carbons (Fsp3) is 0.375. The lowest BCUT2D eigenvalue weighted by molar-refractivity contribution is -0.121. The Hall–Kier alpha value is -2.66. The van der Waals surface area contributed by atoms with Crippen LogP contribution in [0.4, 0.5) is 5.82 Å². The van der Waals surface area contributed by atoms with E-state index in [1.165, 1.54) is 0 Å². The Morgan fingerprint density at radius 1 is 1.07 bits per heavy atom. The average molecular weight is 425 g/mol. The van der Waals surface area contributed by atoms with E-state index in [1.54, 1.807) is 0 Å². The number of carbonyl (C=O) groups excluding carboxylic acids is 1. The first kappa shape index (κ1) is 22.0. The molecule has 1 aromatic heterocycles. The van der Waals surface area contributed by atoms with Crippen molar-refractivity contribution in [1.82, 2.24) is 15.3 Å². The van der Waals surface area contributed by atoms with Gasteiger partial charge in [0.2, 0.25) is 5.91 Å². The molecule has 0 spiro atoms. The van der Waals surface area contributed by atoms with E-state index in [0.717, 1.165) is 41.7 Å². The van der Waals surface area contributed by atoms with Gasteiger partial charge in [-0.05, 0) is 44.0 Å². The molecule has 6 heteroatoms. The van der Waals surface area contributed by atoms with Crippen LogP contribution in [0.1, 0.15) is 40.0 Å². The van der Waals surface area contributed by atoms with E-state index in [9.17, 15) is 4.79 Å². The second-order valence-electron chi connectivity index (χ2n) is 7.48. The molecule has 158 valence electrons. The van der Waals surface area contributed by atoms with E-state index < -0.39 is 0 Å². The van der Waals surface area contributed by atoms with Gasteiger partial charge in [0.1, 0.15) is 5.82 Å². The molecule has 0 aliphatic carbocycles. The van der Waals surface area contributed by atoms with Crippen LogP contribution in [0.25, 0.3) is 22.3 Å². The number of carbonyl (C=O) groups is 1. The van der Waals surface area contributed by atoms with E-state index in [0.29, 0.717) is 23.8 Å². The van der Waals surface area contributed by atoms with Crippen LogP contribution in [0, 0.1) is 0 Å². The number of hydrogen-bond acceptors (Lipinski definition) is 4. The Morgan fingerprint density at radius 3 is 2.53 bits per heavy atom. The Labute approximate surface area is 183 Å². The van der Waals surface area contributed by atoms with Gasteiger partial charge >= 0.3 is 0 Å². The van der Waals surface area contributed by atoms with Gasteiger partial charge in [-0.15, -0.1) is 0 Å². The number of aromatic nitrogens is 2. The lowest BCUT2D eigenvalue weighted by atomic mass is 10.1. The predicted molar refractivity (Wildman–Crippen MR) is 125 cm³/mol. The van der Waals surface area contributed by atoms with Crippen LogP contribution in [0.15, 0.2) is 48.5 Å².